The number of allylic oxidation sites excluding steroid dienone is 4. The summed E-state index contributed by atoms with van der Waals surface area (Å²) in [6, 6.07) is 8.43. The molecule has 2 rings (SSSR count). The van der Waals surface area contributed by atoms with E-state index in [9.17, 15) is 0 Å². The fourth-order valence-corrected chi connectivity index (χ4v) is 2.73. The average molecular weight is 292 g/mol. The highest BCUT2D eigenvalue weighted by Crippen LogP contribution is 2.27. The molecule has 0 spiro atoms. The fraction of sp³-hybridized carbons (Fsp3) is 0.455. The van der Waals surface area contributed by atoms with Gasteiger partial charge in [0, 0.05) is 11.1 Å². The van der Waals surface area contributed by atoms with E-state index in [1.807, 2.05) is 0 Å². The van der Waals surface area contributed by atoms with Crippen molar-refractivity contribution in [1.82, 2.24) is 0 Å². The van der Waals surface area contributed by atoms with Crippen molar-refractivity contribution in [2.75, 3.05) is 0 Å². The topological polar surface area (TPSA) is 0 Å². The Balaban J connectivity index is 1.97. The monoisotopic (exact) mass is 292 g/mol. The lowest BCUT2D eigenvalue weighted by atomic mass is 9.86. The molecule has 0 aromatic heterocycles. The smallest absolute Gasteiger partial charge is 0.0249 e. The van der Waals surface area contributed by atoms with E-state index in [2.05, 4.69) is 76.0 Å². The molecule has 1 aromatic rings. The van der Waals surface area contributed by atoms with Crippen LogP contribution in [0.3, 0.4) is 0 Å². The molecule has 1 atom stereocenters. The van der Waals surface area contributed by atoms with Crippen LogP contribution in [0.4, 0.5) is 0 Å². The first-order valence-corrected chi connectivity index (χ1v) is 8.53. The van der Waals surface area contributed by atoms with E-state index in [0.29, 0.717) is 5.92 Å². The second-order valence-corrected chi connectivity index (χ2v) is 6.92. The van der Waals surface area contributed by atoms with Gasteiger partial charge in [-0.15, -0.1) is 0 Å². The van der Waals surface area contributed by atoms with Gasteiger partial charge in [0.05, 0.1) is 0 Å². The van der Waals surface area contributed by atoms with Crippen LogP contribution >= 0.6 is 0 Å². The van der Waals surface area contributed by atoms with Gasteiger partial charge in [-0.25, -0.2) is 0 Å². The second-order valence-electron chi connectivity index (χ2n) is 6.92. The summed E-state index contributed by atoms with van der Waals surface area (Å²) in [4.78, 5) is 0. The van der Waals surface area contributed by atoms with Gasteiger partial charge in [0.1, 0.15) is 0 Å². The van der Waals surface area contributed by atoms with Gasteiger partial charge in [-0.1, -0.05) is 74.5 Å². The Labute approximate surface area is 136 Å². The summed E-state index contributed by atoms with van der Waals surface area (Å²) in [5.74, 6) is 8.13. The number of hydrogen-bond donors (Lipinski definition) is 0. The molecule has 0 aliphatic heterocycles. The van der Waals surface area contributed by atoms with E-state index in [4.69, 9.17) is 0 Å². The van der Waals surface area contributed by atoms with Gasteiger partial charge in [0.25, 0.3) is 0 Å². The highest BCUT2D eigenvalue weighted by atomic mass is 14.2. The zero-order valence-electron chi connectivity index (χ0n) is 14.4. The molecule has 0 heteroatoms. The van der Waals surface area contributed by atoms with Gasteiger partial charge in [0.2, 0.25) is 0 Å². The summed E-state index contributed by atoms with van der Waals surface area (Å²) in [6.45, 7) is 9.08. The molecule has 0 radical (unpaired) electrons. The number of hydrogen-bond acceptors (Lipinski definition) is 0. The predicted molar refractivity (Wildman–Crippen MR) is 96.7 cm³/mol. The Morgan fingerprint density at radius 2 is 1.64 bits per heavy atom. The summed E-state index contributed by atoms with van der Waals surface area (Å²) in [5, 5.41) is 0. The van der Waals surface area contributed by atoms with Crippen LogP contribution in [-0.2, 0) is 0 Å². The van der Waals surface area contributed by atoms with Gasteiger partial charge in [0.15, 0.2) is 0 Å². The first-order valence-electron chi connectivity index (χ1n) is 8.53. The molecule has 0 bridgehead atoms. The molecule has 0 fully saturated rings. The minimum Gasteiger partial charge on any atom is -0.0670 e. The molecule has 22 heavy (non-hydrogen) atoms. The maximum absolute atomic E-state index is 3.33. The third-order valence-corrected chi connectivity index (χ3v) is 4.41. The lowest BCUT2D eigenvalue weighted by molar-refractivity contribution is 0.480. The van der Waals surface area contributed by atoms with Crippen molar-refractivity contribution in [3.63, 3.8) is 0 Å². The fourth-order valence-electron chi connectivity index (χ4n) is 2.73. The van der Waals surface area contributed by atoms with Gasteiger partial charge in [-0.05, 0) is 50.2 Å². The zero-order valence-corrected chi connectivity index (χ0v) is 14.4. The van der Waals surface area contributed by atoms with Crippen LogP contribution in [0, 0.1) is 30.6 Å². The largest absolute Gasteiger partial charge is 0.0670 e. The summed E-state index contributed by atoms with van der Waals surface area (Å²) in [7, 11) is 0. The molecule has 116 valence electrons. The van der Waals surface area contributed by atoms with Gasteiger partial charge < -0.3 is 0 Å². The molecule has 1 aromatic carbocycles. The Morgan fingerprint density at radius 3 is 2.23 bits per heavy atom. The van der Waals surface area contributed by atoms with Crippen LogP contribution in [0.25, 0.3) is 0 Å². The normalized spacial score (nSPS) is 15.7. The van der Waals surface area contributed by atoms with E-state index in [0.717, 1.165) is 17.9 Å². The van der Waals surface area contributed by atoms with Crippen LogP contribution in [0.5, 0.6) is 0 Å². The Bertz CT molecular complexity index is 600. The Morgan fingerprint density at radius 1 is 0.909 bits per heavy atom. The molecule has 0 saturated carbocycles. The van der Waals surface area contributed by atoms with Crippen molar-refractivity contribution in [2.24, 2.45) is 11.8 Å². The maximum atomic E-state index is 3.33. The Kier molecular flexibility index (Phi) is 6.08. The third-order valence-electron chi connectivity index (χ3n) is 4.41. The summed E-state index contributed by atoms with van der Waals surface area (Å²) in [5.41, 5.74) is 5.25. The predicted octanol–water partition coefficient (Wildman–Crippen LogP) is 6.07. The molecule has 0 heterocycles. The van der Waals surface area contributed by atoms with E-state index in [1.165, 1.54) is 30.4 Å². The van der Waals surface area contributed by atoms with E-state index < -0.39 is 0 Å². The van der Waals surface area contributed by atoms with E-state index in [1.54, 1.807) is 5.57 Å². The van der Waals surface area contributed by atoms with E-state index >= 15 is 0 Å². The molecular weight excluding hydrogens is 264 g/mol. The molecule has 0 amide bonds. The highest BCUT2D eigenvalue weighted by molar-refractivity contribution is 5.44. The number of rotatable bonds is 4. The molecule has 1 unspecified atom stereocenters. The lowest BCUT2D eigenvalue weighted by Gasteiger charge is -2.19. The first kappa shape index (κ1) is 16.6. The first-order chi connectivity index (χ1) is 10.5. The standard InChI is InChI=1S/C22H28/c1-17(2)5-8-19(4)22-15-13-21(14-16-22)12-11-20-9-6-18(3)7-10-20/h6-7,9-10,13,15,17,19H,5,8,14,16H2,1-4H3. The van der Waals surface area contributed by atoms with E-state index in [-0.39, 0.29) is 0 Å². The molecule has 1 aliphatic carbocycles. The van der Waals surface area contributed by atoms with Crippen molar-refractivity contribution < 1.29 is 0 Å². The van der Waals surface area contributed by atoms with Crippen LogP contribution < -0.4 is 0 Å². The average Bonchev–Trinajstić information content (AvgIpc) is 2.52. The van der Waals surface area contributed by atoms with Crippen LogP contribution in [-0.4, -0.2) is 0 Å². The number of benzene rings is 1. The van der Waals surface area contributed by atoms with Crippen molar-refractivity contribution in [3.8, 4) is 11.8 Å². The lowest BCUT2D eigenvalue weighted by Crippen LogP contribution is -2.04. The van der Waals surface area contributed by atoms with Crippen LogP contribution in [0.2, 0.25) is 0 Å². The van der Waals surface area contributed by atoms with Gasteiger partial charge in [-0.2, -0.15) is 0 Å². The van der Waals surface area contributed by atoms with Gasteiger partial charge >= 0.3 is 0 Å². The minimum absolute atomic E-state index is 0.713. The minimum atomic E-state index is 0.713. The van der Waals surface area contributed by atoms with Crippen molar-refractivity contribution in [1.29, 1.82) is 0 Å². The molecule has 1 aliphatic rings. The van der Waals surface area contributed by atoms with Crippen molar-refractivity contribution in [2.45, 2.75) is 53.4 Å². The molecule has 0 N–H and O–H groups in total. The molecule has 0 nitrogen and oxygen atoms in total. The van der Waals surface area contributed by atoms with Gasteiger partial charge in [-0.3, -0.25) is 0 Å². The van der Waals surface area contributed by atoms with Crippen molar-refractivity contribution in [3.05, 3.63) is 58.7 Å². The SMILES string of the molecule is Cc1ccc(C#CC2=CC=C(C(C)CCC(C)C)CC2)cc1. The third kappa shape index (κ3) is 5.23. The highest BCUT2D eigenvalue weighted by Gasteiger charge is 2.12. The summed E-state index contributed by atoms with van der Waals surface area (Å²) < 4.78 is 0. The molecular formula is C22H28. The van der Waals surface area contributed by atoms with Crippen molar-refractivity contribution >= 4 is 0 Å². The quantitative estimate of drug-likeness (QED) is 0.591. The zero-order chi connectivity index (χ0) is 15.9. The Hall–Kier alpha value is -1.74. The maximum Gasteiger partial charge on any atom is 0.0249 e. The summed E-state index contributed by atoms with van der Waals surface area (Å²) in [6.07, 6.45) is 9.44. The second kappa shape index (κ2) is 8.04. The molecule has 0 saturated heterocycles. The van der Waals surface area contributed by atoms with Crippen LogP contribution in [0.1, 0.15) is 57.6 Å². The summed E-state index contributed by atoms with van der Waals surface area (Å²) >= 11 is 0. The number of aryl methyl sites for hydroxylation is 1. The van der Waals surface area contributed by atoms with Crippen LogP contribution in [0.15, 0.2) is 47.6 Å².